The number of aliphatic hydroxyl groups excluding tert-OH is 1. The summed E-state index contributed by atoms with van der Waals surface area (Å²) in [6.45, 7) is 13.0. The Balaban J connectivity index is 2.12. The maximum Gasteiger partial charge on any atom is 0.0750 e. The molecule has 2 aliphatic carbocycles. The summed E-state index contributed by atoms with van der Waals surface area (Å²) in [6.07, 6.45) is 4.92. The Kier molecular flexibility index (Phi) is 3.00. The van der Waals surface area contributed by atoms with Gasteiger partial charge in [0.25, 0.3) is 0 Å². The van der Waals surface area contributed by atoms with Gasteiger partial charge >= 0.3 is 0 Å². The van der Waals surface area contributed by atoms with Gasteiger partial charge in [0.15, 0.2) is 0 Å². The van der Waals surface area contributed by atoms with Gasteiger partial charge in [0.05, 0.1) is 6.10 Å². The van der Waals surface area contributed by atoms with Crippen molar-refractivity contribution in [3.05, 3.63) is 24.3 Å². The van der Waals surface area contributed by atoms with Crippen LogP contribution >= 0.6 is 0 Å². The van der Waals surface area contributed by atoms with Crippen molar-refractivity contribution >= 4 is 0 Å². The number of hydrogen-bond donors (Lipinski definition) is 1. The summed E-state index contributed by atoms with van der Waals surface area (Å²) < 4.78 is 0. The van der Waals surface area contributed by atoms with E-state index in [0.717, 1.165) is 30.8 Å². The number of aliphatic hydroxyl groups is 1. The molecule has 1 nitrogen and oxygen atoms in total. The first-order chi connectivity index (χ1) is 7.42. The normalized spacial score (nSPS) is 39.1. The zero-order chi connectivity index (χ0) is 11.9. The predicted molar refractivity (Wildman–Crippen MR) is 68.1 cm³/mol. The molecule has 0 radical (unpaired) electrons. The number of hydrogen-bond acceptors (Lipinski definition) is 1. The van der Waals surface area contributed by atoms with Crippen LogP contribution in [0.5, 0.6) is 0 Å². The van der Waals surface area contributed by atoms with Gasteiger partial charge in [-0.1, -0.05) is 32.6 Å². The van der Waals surface area contributed by atoms with Crippen LogP contribution in [0.25, 0.3) is 0 Å². The highest BCUT2D eigenvalue weighted by Gasteiger charge is 2.47. The monoisotopic (exact) mass is 220 g/mol. The molecular formula is C15H24O. The molecule has 2 aliphatic rings. The van der Waals surface area contributed by atoms with Gasteiger partial charge < -0.3 is 5.11 Å². The van der Waals surface area contributed by atoms with Crippen molar-refractivity contribution < 1.29 is 5.11 Å². The van der Waals surface area contributed by atoms with Crippen molar-refractivity contribution in [3.63, 3.8) is 0 Å². The second-order valence-electron chi connectivity index (χ2n) is 6.32. The Morgan fingerprint density at radius 2 is 1.75 bits per heavy atom. The first kappa shape index (κ1) is 11.9. The van der Waals surface area contributed by atoms with E-state index >= 15 is 0 Å². The minimum atomic E-state index is -0.308. The van der Waals surface area contributed by atoms with Crippen molar-refractivity contribution in [1.82, 2.24) is 0 Å². The summed E-state index contributed by atoms with van der Waals surface area (Å²) in [6, 6.07) is 0. The number of allylic oxidation sites excluding steroid dienone is 1. The molecule has 0 aromatic heterocycles. The third-order valence-electron chi connectivity index (χ3n) is 4.75. The molecule has 0 saturated heterocycles. The molecule has 1 N–H and O–H groups in total. The van der Waals surface area contributed by atoms with Crippen molar-refractivity contribution in [1.29, 1.82) is 0 Å². The highest BCUT2D eigenvalue weighted by Crippen LogP contribution is 2.56. The summed E-state index contributed by atoms with van der Waals surface area (Å²) in [7, 11) is 0. The lowest BCUT2D eigenvalue weighted by molar-refractivity contribution is 0.00409. The minimum Gasteiger partial charge on any atom is -0.389 e. The van der Waals surface area contributed by atoms with Gasteiger partial charge in [-0.3, -0.25) is 0 Å². The fourth-order valence-electron chi connectivity index (χ4n) is 3.48. The molecule has 0 heterocycles. The molecule has 16 heavy (non-hydrogen) atoms. The number of rotatable bonds is 0. The highest BCUT2D eigenvalue weighted by atomic mass is 16.3. The van der Waals surface area contributed by atoms with Crippen LogP contribution in [0.2, 0.25) is 0 Å². The van der Waals surface area contributed by atoms with E-state index < -0.39 is 0 Å². The Labute approximate surface area is 99.3 Å². The molecule has 3 unspecified atom stereocenters. The van der Waals surface area contributed by atoms with E-state index in [2.05, 4.69) is 27.0 Å². The molecular weight excluding hydrogens is 196 g/mol. The Morgan fingerprint density at radius 1 is 1.12 bits per heavy atom. The van der Waals surface area contributed by atoms with E-state index in [1.54, 1.807) is 0 Å². The van der Waals surface area contributed by atoms with Gasteiger partial charge in [-0.05, 0) is 54.9 Å². The lowest BCUT2D eigenvalue weighted by Gasteiger charge is -2.53. The molecule has 0 amide bonds. The summed E-state index contributed by atoms with van der Waals surface area (Å²) in [5, 5.41) is 9.91. The molecule has 2 fully saturated rings. The van der Waals surface area contributed by atoms with Gasteiger partial charge in [0.1, 0.15) is 0 Å². The van der Waals surface area contributed by atoms with Crippen molar-refractivity contribution in [2.45, 2.75) is 52.1 Å². The molecule has 1 heteroatoms. The SMILES string of the molecule is C=C1CCC2C(CC2(C)C)C(=C)CCC1O. The molecule has 2 rings (SSSR count). The van der Waals surface area contributed by atoms with Crippen LogP contribution in [-0.4, -0.2) is 11.2 Å². The Bertz CT molecular complexity index is 313. The van der Waals surface area contributed by atoms with Crippen LogP contribution in [0.3, 0.4) is 0 Å². The second kappa shape index (κ2) is 4.03. The Hall–Kier alpha value is -0.560. The third kappa shape index (κ3) is 1.98. The van der Waals surface area contributed by atoms with Crippen LogP contribution in [0.15, 0.2) is 24.3 Å². The highest BCUT2D eigenvalue weighted by molar-refractivity contribution is 5.16. The van der Waals surface area contributed by atoms with E-state index in [-0.39, 0.29) is 6.10 Å². The zero-order valence-corrected chi connectivity index (χ0v) is 10.6. The third-order valence-corrected chi connectivity index (χ3v) is 4.75. The van der Waals surface area contributed by atoms with E-state index in [4.69, 9.17) is 0 Å². The first-order valence-corrected chi connectivity index (χ1v) is 6.45. The van der Waals surface area contributed by atoms with Crippen molar-refractivity contribution in [2.75, 3.05) is 0 Å². The zero-order valence-electron chi connectivity index (χ0n) is 10.6. The quantitative estimate of drug-likeness (QED) is 0.617. The van der Waals surface area contributed by atoms with Gasteiger partial charge in [0.2, 0.25) is 0 Å². The summed E-state index contributed by atoms with van der Waals surface area (Å²) >= 11 is 0. The average molecular weight is 220 g/mol. The smallest absolute Gasteiger partial charge is 0.0750 e. The van der Waals surface area contributed by atoms with Gasteiger partial charge in [-0.25, -0.2) is 0 Å². The first-order valence-electron chi connectivity index (χ1n) is 6.45. The van der Waals surface area contributed by atoms with Gasteiger partial charge in [-0.2, -0.15) is 0 Å². The Morgan fingerprint density at radius 3 is 2.38 bits per heavy atom. The number of fused-ring (bicyclic) bond motifs is 1. The molecule has 90 valence electrons. The molecule has 0 aliphatic heterocycles. The van der Waals surface area contributed by atoms with Crippen molar-refractivity contribution in [2.24, 2.45) is 17.3 Å². The fraction of sp³-hybridized carbons (Fsp3) is 0.733. The largest absolute Gasteiger partial charge is 0.389 e. The average Bonchev–Trinajstić information content (AvgIpc) is 2.24. The molecule has 0 aromatic carbocycles. The van der Waals surface area contributed by atoms with Gasteiger partial charge in [-0.15, -0.1) is 0 Å². The maximum absolute atomic E-state index is 9.91. The summed E-state index contributed by atoms with van der Waals surface area (Å²) in [5.41, 5.74) is 2.85. The van der Waals surface area contributed by atoms with Crippen LogP contribution < -0.4 is 0 Å². The molecule has 3 atom stereocenters. The standard InChI is InChI=1S/C15H24O/c1-10-6-8-14(16)11(2)5-7-13-12(10)9-15(13,3)4/h12-14,16H,1-2,5-9H2,3-4H3. The van der Waals surface area contributed by atoms with Crippen molar-refractivity contribution in [3.8, 4) is 0 Å². The van der Waals surface area contributed by atoms with E-state index in [1.807, 2.05) is 0 Å². The van der Waals surface area contributed by atoms with E-state index in [0.29, 0.717) is 11.3 Å². The predicted octanol–water partition coefficient (Wildman–Crippen LogP) is 3.70. The molecule has 0 aromatic rings. The van der Waals surface area contributed by atoms with Crippen LogP contribution in [-0.2, 0) is 0 Å². The van der Waals surface area contributed by atoms with E-state index in [9.17, 15) is 5.11 Å². The topological polar surface area (TPSA) is 20.2 Å². The van der Waals surface area contributed by atoms with Crippen LogP contribution in [0.4, 0.5) is 0 Å². The second-order valence-corrected chi connectivity index (χ2v) is 6.32. The maximum atomic E-state index is 9.91. The van der Waals surface area contributed by atoms with Crippen LogP contribution in [0, 0.1) is 17.3 Å². The molecule has 0 spiro atoms. The fourth-order valence-corrected chi connectivity index (χ4v) is 3.48. The van der Waals surface area contributed by atoms with Gasteiger partial charge in [0, 0.05) is 0 Å². The lowest BCUT2D eigenvalue weighted by atomic mass is 9.52. The minimum absolute atomic E-state index is 0.308. The molecule has 0 bridgehead atoms. The summed E-state index contributed by atoms with van der Waals surface area (Å²) in [4.78, 5) is 0. The lowest BCUT2D eigenvalue weighted by Crippen LogP contribution is -2.44. The van der Waals surface area contributed by atoms with Crippen LogP contribution in [0.1, 0.15) is 46.0 Å². The summed E-state index contributed by atoms with van der Waals surface area (Å²) in [5.74, 6) is 1.45. The molecule has 2 saturated carbocycles. The van der Waals surface area contributed by atoms with E-state index in [1.165, 1.54) is 18.4 Å².